The highest BCUT2D eigenvalue weighted by Crippen LogP contribution is 2.14. The molecule has 6 heteroatoms. The number of ether oxygens (including phenoxy) is 2. The van der Waals surface area contributed by atoms with Gasteiger partial charge in [0.05, 0.1) is 24.2 Å². The summed E-state index contributed by atoms with van der Waals surface area (Å²) in [6, 6.07) is 8.48. The van der Waals surface area contributed by atoms with E-state index in [1.165, 1.54) is 4.90 Å². The second-order valence-electron chi connectivity index (χ2n) is 4.99. The Morgan fingerprint density at radius 2 is 1.91 bits per heavy atom. The van der Waals surface area contributed by atoms with Gasteiger partial charge in [0.15, 0.2) is 6.61 Å². The maximum atomic E-state index is 11.8. The largest absolute Gasteiger partial charge is 0.491 e. The molecule has 0 spiro atoms. The summed E-state index contributed by atoms with van der Waals surface area (Å²) in [5.41, 5.74) is 0.351. The lowest BCUT2D eigenvalue weighted by Gasteiger charge is -2.15. The molecular formula is C16H20N2O4. The van der Waals surface area contributed by atoms with E-state index >= 15 is 0 Å². The first-order chi connectivity index (χ1) is 10.4. The Morgan fingerprint density at radius 1 is 1.27 bits per heavy atom. The zero-order chi connectivity index (χ0) is 16.5. The lowest BCUT2D eigenvalue weighted by Crippen LogP contribution is -2.31. The Bertz CT molecular complexity index is 546. The van der Waals surface area contributed by atoms with Crippen molar-refractivity contribution < 1.29 is 19.1 Å². The van der Waals surface area contributed by atoms with Crippen molar-refractivity contribution in [3.05, 3.63) is 29.8 Å². The summed E-state index contributed by atoms with van der Waals surface area (Å²) in [6.45, 7) is 3.80. The molecule has 0 heterocycles. The fourth-order valence-electron chi connectivity index (χ4n) is 1.60. The summed E-state index contributed by atoms with van der Waals surface area (Å²) in [7, 11) is 1.56. The van der Waals surface area contributed by atoms with E-state index in [2.05, 4.69) is 0 Å². The Morgan fingerprint density at radius 3 is 2.45 bits per heavy atom. The number of hydrogen-bond acceptors (Lipinski definition) is 5. The smallest absolute Gasteiger partial charge is 0.338 e. The van der Waals surface area contributed by atoms with E-state index in [1.807, 2.05) is 19.9 Å². The van der Waals surface area contributed by atoms with E-state index in [0.29, 0.717) is 17.9 Å². The predicted molar refractivity (Wildman–Crippen MR) is 80.4 cm³/mol. The van der Waals surface area contributed by atoms with Gasteiger partial charge in [-0.25, -0.2) is 4.79 Å². The maximum absolute atomic E-state index is 11.8. The van der Waals surface area contributed by atoms with Crippen LogP contribution < -0.4 is 4.74 Å². The van der Waals surface area contributed by atoms with Crippen molar-refractivity contribution in [3.8, 4) is 11.8 Å². The molecule has 0 aromatic heterocycles. The van der Waals surface area contributed by atoms with Gasteiger partial charge in [-0.3, -0.25) is 4.79 Å². The molecule has 1 amide bonds. The van der Waals surface area contributed by atoms with Crippen LogP contribution in [-0.4, -0.2) is 43.1 Å². The molecule has 0 fully saturated rings. The molecule has 0 atom stereocenters. The fourth-order valence-corrected chi connectivity index (χ4v) is 1.60. The highest BCUT2D eigenvalue weighted by Gasteiger charge is 2.13. The Kier molecular flexibility index (Phi) is 6.90. The van der Waals surface area contributed by atoms with Crippen LogP contribution in [0.3, 0.4) is 0 Å². The quantitative estimate of drug-likeness (QED) is 0.720. The van der Waals surface area contributed by atoms with Gasteiger partial charge in [-0.05, 0) is 38.1 Å². The van der Waals surface area contributed by atoms with Gasteiger partial charge in [0.25, 0.3) is 5.91 Å². The molecule has 0 aliphatic carbocycles. The molecule has 1 aromatic rings. The third-order valence-electron chi connectivity index (χ3n) is 2.77. The summed E-state index contributed by atoms with van der Waals surface area (Å²) < 4.78 is 10.4. The number of nitriles is 1. The van der Waals surface area contributed by atoms with E-state index in [9.17, 15) is 9.59 Å². The van der Waals surface area contributed by atoms with Gasteiger partial charge >= 0.3 is 5.97 Å². The molecule has 0 bridgehead atoms. The van der Waals surface area contributed by atoms with Crippen LogP contribution in [0.2, 0.25) is 0 Å². The molecule has 0 saturated carbocycles. The summed E-state index contributed by atoms with van der Waals surface area (Å²) >= 11 is 0. The highest BCUT2D eigenvalue weighted by atomic mass is 16.5. The Labute approximate surface area is 130 Å². The number of benzene rings is 1. The molecule has 1 aromatic carbocycles. The average molecular weight is 304 g/mol. The van der Waals surface area contributed by atoms with Gasteiger partial charge in [-0.2, -0.15) is 5.26 Å². The molecule has 22 heavy (non-hydrogen) atoms. The topological polar surface area (TPSA) is 79.6 Å². The lowest BCUT2D eigenvalue weighted by atomic mass is 10.2. The van der Waals surface area contributed by atoms with Crippen LogP contribution in [0.4, 0.5) is 0 Å². The number of rotatable bonds is 7. The van der Waals surface area contributed by atoms with Crippen molar-refractivity contribution in [1.82, 2.24) is 4.90 Å². The van der Waals surface area contributed by atoms with Crippen LogP contribution in [0, 0.1) is 11.3 Å². The van der Waals surface area contributed by atoms with E-state index < -0.39 is 5.97 Å². The standard InChI is InChI=1S/C16H20N2O4/c1-12(2)22-14-7-5-13(6-8-14)16(20)21-11-15(19)18(3)10-4-9-17/h5-8,12H,4,10-11H2,1-3H3. The van der Waals surface area contributed by atoms with Gasteiger partial charge in [0.2, 0.25) is 0 Å². The second kappa shape index (κ2) is 8.67. The van der Waals surface area contributed by atoms with Gasteiger partial charge in [-0.15, -0.1) is 0 Å². The van der Waals surface area contributed by atoms with Crippen molar-refractivity contribution in [2.75, 3.05) is 20.2 Å². The summed E-state index contributed by atoms with van der Waals surface area (Å²) in [5, 5.41) is 8.46. The average Bonchev–Trinajstić information content (AvgIpc) is 2.50. The summed E-state index contributed by atoms with van der Waals surface area (Å²) in [4.78, 5) is 24.9. The van der Waals surface area contributed by atoms with Crippen molar-refractivity contribution in [2.24, 2.45) is 0 Å². The molecule has 0 saturated heterocycles. The zero-order valence-electron chi connectivity index (χ0n) is 13.0. The number of carbonyl (C=O) groups excluding carboxylic acids is 2. The SMILES string of the molecule is CC(C)Oc1ccc(C(=O)OCC(=O)N(C)CCC#N)cc1. The van der Waals surface area contributed by atoms with Crippen molar-refractivity contribution in [1.29, 1.82) is 5.26 Å². The van der Waals surface area contributed by atoms with Gasteiger partial charge in [0.1, 0.15) is 5.75 Å². The van der Waals surface area contributed by atoms with Gasteiger partial charge in [0, 0.05) is 13.6 Å². The Balaban J connectivity index is 2.48. The van der Waals surface area contributed by atoms with Crippen molar-refractivity contribution >= 4 is 11.9 Å². The number of amides is 1. The number of esters is 1. The molecule has 0 radical (unpaired) electrons. The number of carbonyl (C=O) groups is 2. The Hall–Kier alpha value is -2.55. The number of likely N-dealkylation sites (N-methyl/N-ethyl adjacent to an activating group) is 1. The van der Waals surface area contributed by atoms with E-state index in [-0.39, 0.29) is 25.0 Å². The normalized spacial score (nSPS) is 9.95. The maximum Gasteiger partial charge on any atom is 0.338 e. The van der Waals surface area contributed by atoms with E-state index in [1.54, 1.807) is 31.3 Å². The summed E-state index contributed by atoms with van der Waals surface area (Å²) in [6.07, 6.45) is 0.299. The van der Waals surface area contributed by atoms with Crippen LogP contribution in [0.15, 0.2) is 24.3 Å². The first-order valence-electron chi connectivity index (χ1n) is 6.98. The first-order valence-corrected chi connectivity index (χ1v) is 6.98. The minimum Gasteiger partial charge on any atom is -0.491 e. The van der Waals surface area contributed by atoms with Crippen LogP contribution in [0.25, 0.3) is 0 Å². The monoisotopic (exact) mass is 304 g/mol. The van der Waals surface area contributed by atoms with Gasteiger partial charge in [-0.1, -0.05) is 0 Å². The van der Waals surface area contributed by atoms with Crippen molar-refractivity contribution in [3.63, 3.8) is 0 Å². The van der Waals surface area contributed by atoms with Gasteiger partial charge < -0.3 is 14.4 Å². The number of hydrogen-bond donors (Lipinski definition) is 0. The lowest BCUT2D eigenvalue weighted by molar-refractivity contribution is -0.133. The van der Waals surface area contributed by atoms with Crippen LogP contribution in [0.1, 0.15) is 30.6 Å². The molecular weight excluding hydrogens is 284 g/mol. The molecule has 1 rings (SSSR count). The summed E-state index contributed by atoms with van der Waals surface area (Å²) in [5.74, 6) is -0.250. The molecule has 118 valence electrons. The van der Waals surface area contributed by atoms with E-state index in [0.717, 1.165) is 0 Å². The number of nitrogens with zero attached hydrogens (tertiary/aromatic N) is 2. The fraction of sp³-hybridized carbons (Fsp3) is 0.438. The van der Waals surface area contributed by atoms with Crippen LogP contribution >= 0.6 is 0 Å². The zero-order valence-corrected chi connectivity index (χ0v) is 13.0. The molecule has 6 nitrogen and oxygen atoms in total. The first kappa shape index (κ1) is 17.5. The minimum atomic E-state index is -0.571. The minimum absolute atomic E-state index is 0.0550. The van der Waals surface area contributed by atoms with Crippen molar-refractivity contribution in [2.45, 2.75) is 26.4 Å². The highest BCUT2D eigenvalue weighted by molar-refractivity contribution is 5.91. The third-order valence-corrected chi connectivity index (χ3v) is 2.77. The van der Waals surface area contributed by atoms with E-state index in [4.69, 9.17) is 14.7 Å². The van der Waals surface area contributed by atoms with Crippen LogP contribution in [-0.2, 0) is 9.53 Å². The molecule has 0 aliphatic heterocycles. The molecule has 0 N–H and O–H groups in total. The molecule has 0 unspecified atom stereocenters. The van der Waals surface area contributed by atoms with Crippen LogP contribution in [0.5, 0.6) is 5.75 Å². The predicted octanol–water partition coefficient (Wildman–Crippen LogP) is 2.00. The third kappa shape index (κ3) is 5.83. The molecule has 0 aliphatic rings. The second-order valence-corrected chi connectivity index (χ2v) is 4.99.